The van der Waals surface area contributed by atoms with E-state index in [4.69, 9.17) is 0 Å². The van der Waals surface area contributed by atoms with Crippen LogP contribution in [0.5, 0.6) is 0 Å². The highest BCUT2D eigenvalue weighted by molar-refractivity contribution is 6.26. The van der Waals surface area contributed by atoms with Crippen LogP contribution < -0.4 is 4.90 Å². The molecular weight excluding hydrogens is 687 g/mol. The fourth-order valence-corrected chi connectivity index (χ4v) is 10.00. The SMILES string of the molecule is CC1(C)c2cccc3cc(-c4ccccc4N(c4ccccc4)c4cccc(-c5ccc6c7ccccc7c7ccccc7c6c5)c4)c4cccc(c4c23)C1(C)C. The van der Waals surface area contributed by atoms with Crippen LogP contribution in [0.15, 0.2) is 188 Å². The lowest BCUT2D eigenvalue weighted by atomic mass is 9.56. The summed E-state index contributed by atoms with van der Waals surface area (Å²) in [7, 11) is 0. The highest BCUT2D eigenvalue weighted by atomic mass is 15.1. The molecule has 11 rings (SSSR count). The molecule has 0 spiro atoms. The van der Waals surface area contributed by atoms with Crippen molar-refractivity contribution in [3.05, 3.63) is 199 Å². The van der Waals surface area contributed by atoms with Gasteiger partial charge >= 0.3 is 0 Å². The Kier molecular flexibility index (Phi) is 7.32. The molecule has 1 nitrogen and oxygen atoms in total. The van der Waals surface area contributed by atoms with Gasteiger partial charge < -0.3 is 4.90 Å². The van der Waals surface area contributed by atoms with Crippen LogP contribution in [0.4, 0.5) is 17.1 Å². The van der Waals surface area contributed by atoms with E-state index >= 15 is 0 Å². The summed E-state index contributed by atoms with van der Waals surface area (Å²) in [6.07, 6.45) is 0. The number of hydrogen-bond donors (Lipinski definition) is 0. The van der Waals surface area contributed by atoms with Gasteiger partial charge in [-0.3, -0.25) is 0 Å². The number of para-hydroxylation sites is 2. The zero-order chi connectivity index (χ0) is 38.5. The molecule has 0 amide bonds. The second-order valence-electron chi connectivity index (χ2n) is 16.9. The van der Waals surface area contributed by atoms with Crippen molar-refractivity contribution in [3.63, 3.8) is 0 Å². The second-order valence-corrected chi connectivity index (χ2v) is 16.9. The van der Waals surface area contributed by atoms with Crippen molar-refractivity contribution in [3.8, 4) is 22.3 Å². The molecule has 0 N–H and O–H groups in total. The molecule has 0 bridgehead atoms. The Labute approximate surface area is 334 Å². The maximum atomic E-state index is 2.45. The maximum Gasteiger partial charge on any atom is 0.0540 e. The molecule has 10 aromatic carbocycles. The molecule has 1 aliphatic carbocycles. The molecule has 0 heterocycles. The number of nitrogens with zero attached hydrogens (tertiary/aromatic N) is 1. The third kappa shape index (κ3) is 4.88. The molecule has 272 valence electrons. The van der Waals surface area contributed by atoms with Gasteiger partial charge in [0.1, 0.15) is 0 Å². The van der Waals surface area contributed by atoms with Crippen molar-refractivity contribution in [2.45, 2.75) is 38.5 Å². The van der Waals surface area contributed by atoms with Crippen LogP contribution in [0.3, 0.4) is 0 Å². The van der Waals surface area contributed by atoms with E-state index in [-0.39, 0.29) is 10.8 Å². The lowest BCUT2D eigenvalue weighted by molar-refractivity contribution is 0.304. The lowest BCUT2D eigenvalue weighted by Gasteiger charge is -2.47. The predicted molar refractivity (Wildman–Crippen MR) is 246 cm³/mol. The molecule has 0 unspecified atom stereocenters. The van der Waals surface area contributed by atoms with Gasteiger partial charge in [0.15, 0.2) is 0 Å². The number of hydrogen-bond acceptors (Lipinski definition) is 1. The standard InChI is InChI=1S/C56H43N/c1-55(2)50-28-15-18-38-35-49(47-27-16-29-51(56(55,3)4)54(47)53(38)50)46-26-12-13-30-52(46)57(39-19-6-5-7-20-39)40-21-14-17-36(33-40)37-31-32-45-43-24-9-8-22-41(43)42-23-10-11-25-44(42)48(45)34-37/h5-35H,1-4H3. The van der Waals surface area contributed by atoms with Crippen LogP contribution in [-0.4, -0.2) is 0 Å². The van der Waals surface area contributed by atoms with Gasteiger partial charge in [-0.2, -0.15) is 0 Å². The van der Waals surface area contributed by atoms with Crippen molar-refractivity contribution in [1.82, 2.24) is 0 Å². The molecule has 0 fully saturated rings. The van der Waals surface area contributed by atoms with Gasteiger partial charge in [0.2, 0.25) is 0 Å². The second kappa shape index (κ2) is 12.4. The number of fused-ring (bicyclic) bond motifs is 6. The summed E-state index contributed by atoms with van der Waals surface area (Å²) in [4.78, 5) is 2.44. The van der Waals surface area contributed by atoms with E-state index < -0.39 is 0 Å². The molecule has 0 radical (unpaired) electrons. The average Bonchev–Trinajstić information content (AvgIpc) is 3.26. The fourth-order valence-electron chi connectivity index (χ4n) is 10.00. The third-order valence-electron chi connectivity index (χ3n) is 13.5. The zero-order valence-electron chi connectivity index (χ0n) is 32.8. The van der Waals surface area contributed by atoms with E-state index in [9.17, 15) is 0 Å². The summed E-state index contributed by atoms with van der Waals surface area (Å²) in [5.74, 6) is 0. The molecule has 0 saturated carbocycles. The van der Waals surface area contributed by atoms with Crippen LogP contribution in [0, 0.1) is 0 Å². The van der Waals surface area contributed by atoms with Gasteiger partial charge in [0.05, 0.1) is 5.69 Å². The smallest absolute Gasteiger partial charge is 0.0540 e. The fraction of sp³-hybridized carbons (Fsp3) is 0.107. The van der Waals surface area contributed by atoms with E-state index in [0.717, 1.165) is 17.1 Å². The average molecular weight is 730 g/mol. The van der Waals surface area contributed by atoms with Crippen molar-refractivity contribution >= 4 is 70.9 Å². The third-order valence-corrected chi connectivity index (χ3v) is 13.5. The minimum Gasteiger partial charge on any atom is -0.310 e. The minimum atomic E-state index is -0.0510. The van der Waals surface area contributed by atoms with Crippen LogP contribution in [0.25, 0.3) is 76.1 Å². The van der Waals surface area contributed by atoms with E-state index in [1.54, 1.807) is 0 Å². The molecule has 0 aliphatic heterocycles. The summed E-state index contributed by atoms with van der Waals surface area (Å²) in [5.41, 5.74) is 11.0. The number of anilines is 3. The Hall–Kier alpha value is -6.70. The first kappa shape index (κ1) is 33.6. The summed E-state index contributed by atoms with van der Waals surface area (Å²) in [6, 6.07) is 69.9. The maximum absolute atomic E-state index is 2.45. The predicted octanol–water partition coefficient (Wildman–Crippen LogP) is 15.8. The Morgan fingerprint density at radius 1 is 0.333 bits per heavy atom. The topological polar surface area (TPSA) is 3.24 Å². The summed E-state index contributed by atoms with van der Waals surface area (Å²) >= 11 is 0. The molecular formula is C56H43N. The molecule has 1 heteroatoms. The van der Waals surface area contributed by atoms with E-state index in [1.807, 2.05) is 0 Å². The van der Waals surface area contributed by atoms with Crippen LogP contribution >= 0.6 is 0 Å². The van der Waals surface area contributed by atoms with Crippen LogP contribution in [-0.2, 0) is 10.8 Å². The van der Waals surface area contributed by atoms with Crippen molar-refractivity contribution in [1.29, 1.82) is 0 Å². The van der Waals surface area contributed by atoms with Gasteiger partial charge in [-0.25, -0.2) is 0 Å². The van der Waals surface area contributed by atoms with Crippen molar-refractivity contribution in [2.75, 3.05) is 4.90 Å². The molecule has 1 aliphatic rings. The molecule has 0 atom stereocenters. The van der Waals surface area contributed by atoms with Crippen molar-refractivity contribution in [2.24, 2.45) is 0 Å². The number of benzene rings is 10. The highest BCUT2D eigenvalue weighted by Crippen LogP contribution is 2.55. The van der Waals surface area contributed by atoms with Crippen LogP contribution in [0.1, 0.15) is 38.8 Å². The Balaban J connectivity index is 1.12. The van der Waals surface area contributed by atoms with E-state index in [1.165, 1.54) is 87.2 Å². The van der Waals surface area contributed by atoms with Gasteiger partial charge in [0.25, 0.3) is 0 Å². The molecule has 57 heavy (non-hydrogen) atoms. The normalized spacial score (nSPS) is 14.2. The first-order chi connectivity index (χ1) is 27.8. The van der Waals surface area contributed by atoms with Gasteiger partial charge in [-0.05, 0) is 135 Å². The lowest BCUT2D eigenvalue weighted by Crippen LogP contribution is -2.42. The first-order valence-electron chi connectivity index (χ1n) is 20.2. The largest absolute Gasteiger partial charge is 0.310 e. The van der Waals surface area contributed by atoms with Gasteiger partial charge in [-0.1, -0.05) is 173 Å². The summed E-state index contributed by atoms with van der Waals surface area (Å²) in [5, 5.41) is 13.1. The van der Waals surface area contributed by atoms with Crippen LogP contribution in [0.2, 0.25) is 0 Å². The Bertz CT molecular complexity index is 3200. The van der Waals surface area contributed by atoms with Gasteiger partial charge in [-0.15, -0.1) is 0 Å². The van der Waals surface area contributed by atoms with Crippen molar-refractivity contribution < 1.29 is 0 Å². The molecule has 0 saturated heterocycles. The highest BCUT2D eigenvalue weighted by Gasteiger charge is 2.45. The Morgan fingerprint density at radius 3 is 1.58 bits per heavy atom. The Morgan fingerprint density at radius 2 is 0.860 bits per heavy atom. The molecule has 0 aromatic heterocycles. The van der Waals surface area contributed by atoms with Gasteiger partial charge in [0, 0.05) is 16.9 Å². The summed E-state index contributed by atoms with van der Waals surface area (Å²) < 4.78 is 0. The van der Waals surface area contributed by atoms with E-state index in [0.29, 0.717) is 0 Å². The monoisotopic (exact) mass is 729 g/mol. The van der Waals surface area contributed by atoms with E-state index in [2.05, 4.69) is 221 Å². The molecule has 10 aromatic rings. The minimum absolute atomic E-state index is 0.0196. The first-order valence-corrected chi connectivity index (χ1v) is 20.2. The quantitative estimate of drug-likeness (QED) is 0.159. The zero-order valence-corrected chi connectivity index (χ0v) is 32.8. The summed E-state index contributed by atoms with van der Waals surface area (Å²) in [6.45, 7) is 9.68. The number of rotatable bonds is 5.